The van der Waals surface area contributed by atoms with Gasteiger partial charge in [-0.05, 0) is 52.5 Å². The summed E-state index contributed by atoms with van der Waals surface area (Å²) in [5.74, 6) is 0. The average Bonchev–Trinajstić information content (AvgIpc) is 2.24. The highest BCUT2D eigenvalue weighted by Gasteiger charge is 2.36. The van der Waals surface area contributed by atoms with Crippen molar-refractivity contribution in [1.82, 2.24) is 5.32 Å². The second kappa shape index (κ2) is 6.41. The molecule has 0 saturated carbocycles. The van der Waals surface area contributed by atoms with Gasteiger partial charge in [-0.25, -0.2) is 0 Å². The number of nitrogens with one attached hydrogen (secondary N) is 1. The normalized spacial score (nSPS) is 27.7. The van der Waals surface area contributed by atoms with Crippen LogP contribution in [0.4, 0.5) is 0 Å². The molecule has 2 heteroatoms. The van der Waals surface area contributed by atoms with Crippen molar-refractivity contribution in [1.29, 1.82) is 0 Å². The number of hydrogen-bond acceptors (Lipinski definition) is 2. The van der Waals surface area contributed by atoms with Crippen molar-refractivity contribution in [2.24, 2.45) is 0 Å². The maximum Gasteiger partial charge on any atom is 0.0809 e. The van der Waals surface area contributed by atoms with E-state index in [1.165, 1.54) is 31.3 Å². The highest BCUT2D eigenvalue weighted by Crippen LogP contribution is 2.30. The molecule has 0 aromatic rings. The van der Waals surface area contributed by atoms with Gasteiger partial charge in [-0.3, -0.25) is 0 Å². The lowest BCUT2D eigenvalue weighted by molar-refractivity contribution is -0.0882. The van der Waals surface area contributed by atoms with Crippen molar-refractivity contribution < 1.29 is 4.74 Å². The Balaban J connectivity index is 2.60. The van der Waals surface area contributed by atoms with Gasteiger partial charge >= 0.3 is 0 Å². The minimum Gasteiger partial charge on any atom is -0.374 e. The van der Waals surface area contributed by atoms with E-state index in [0.29, 0.717) is 6.04 Å². The molecule has 1 rings (SSSR count). The third-order valence-electron chi connectivity index (χ3n) is 3.43. The standard InChI is InChI=1S/C14H27NO/c1-5-9-15-13(11-12(2)3)14(4)8-6-7-10-16-14/h13,15H,2,5-11H2,1,3-4H3. The molecule has 0 bridgehead atoms. The van der Waals surface area contributed by atoms with E-state index in [2.05, 4.69) is 32.7 Å². The van der Waals surface area contributed by atoms with E-state index in [-0.39, 0.29) is 5.60 Å². The lowest BCUT2D eigenvalue weighted by Gasteiger charge is -2.41. The molecule has 0 aromatic heterocycles. The van der Waals surface area contributed by atoms with Gasteiger partial charge in [-0.1, -0.05) is 12.5 Å². The van der Waals surface area contributed by atoms with E-state index in [0.717, 1.165) is 19.6 Å². The van der Waals surface area contributed by atoms with Crippen LogP contribution in [0.3, 0.4) is 0 Å². The van der Waals surface area contributed by atoms with E-state index >= 15 is 0 Å². The zero-order valence-electron chi connectivity index (χ0n) is 11.1. The summed E-state index contributed by atoms with van der Waals surface area (Å²) in [6.07, 6.45) is 5.86. The largest absolute Gasteiger partial charge is 0.374 e. The highest BCUT2D eigenvalue weighted by molar-refractivity contribution is 5.01. The summed E-state index contributed by atoms with van der Waals surface area (Å²) in [4.78, 5) is 0. The molecule has 1 N–H and O–H groups in total. The van der Waals surface area contributed by atoms with Gasteiger partial charge < -0.3 is 10.1 Å². The fourth-order valence-electron chi connectivity index (χ4n) is 2.40. The van der Waals surface area contributed by atoms with Crippen LogP contribution < -0.4 is 5.32 Å². The van der Waals surface area contributed by atoms with Gasteiger partial charge in [0.15, 0.2) is 0 Å². The van der Waals surface area contributed by atoms with Crippen LogP contribution in [-0.4, -0.2) is 24.8 Å². The summed E-state index contributed by atoms with van der Waals surface area (Å²) < 4.78 is 6.02. The lowest BCUT2D eigenvalue weighted by atomic mass is 9.85. The van der Waals surface area contributed by atoms with E-state index in [4.69, 9.17) is 4.74 Å². The Hall–Kier alpha value is -0.340. The molecule has 16 heavy (non-hydrogen) atoms. The van der Waals surface area contributed by atoms with E-state index < -0.39 is 0 Å². The molecule has 2 atom stereocenters. The minimum atomic E-state index is 0.00632. The second-order valence-corrected chi connectivity index (χ2v) is 5.29. The average molecular weight is 225 g/mol. The van der Waals surface area contributed by atoms with Crippen LogP contribution in [0.15, 0.2) is 12.2 Å². The van der Waals surface area contributed by atoms with Gasteiger partial charge in [0.25, 0.3) is 0 Å². The van der Waals surface area contributed by atoms with Crippen molar-refractivity contribution in [3.63, 3.8) is 0 Å². The Morgan fingerprint density at radius 3 is 2.75 bits per heavy atom. The summed E-state index contributed by atoms with van der Waals surface area (Å²) in [7, 11) is 0. The van der Waals surface area contributed by atoms with Crippen LogP contribution in [-0.2, 0) is 4.74 Å². The summed E-state index contributed by atoms with van der Waals surface area (Å²) in [5.41, 5.74) is 1.25. The Morgan fingerprint density at radius 1 is 1.50 bits per heavy atom. The number of ether oxygens (including phenoxy) is 1. The molecule has 0 aromatic carbocycles. The molecule has 1 aliphatic heterocycles. The summed E-state index contributed by atoms with van der Waals surface area (Å²) >= 11 is 0. The van der Waals surface area contributed by atoms with Crippen molar-refractivity contribution >= 4 is 0 Å². The van der Waals surface area contributed by atoms with Gasteiger partial charge in [-0.15, -0.1) is 6.58 Å². The first-order chi connectivity index (χ1) is 7.58. The molecule has 1 fully saturated rings. The summed E-state index contributed by atoms with van der Waals surface area (Å²) in [6.45, 7) is 12.6. The lowest BCUT2D eigenvalue weighted by Crippen LogP contribution is -2.52. The molecule has 0 amide bonds. The smallest absolute Gasteiger partial charge is 0.0809 e. The molecule has 0 radical (unpaired) electrons. The maximum absolute atomic E-state index is 6.02. The fraction of sp³-hybridized carbons (Fsp3) is 0.857. The maximum atomic E-state index is 6.02. The van der Waals surface area contributed by atoms with Gasteiger partial charge in [0.1, 0.15) is 0 Å². The SMILES string of the molecule is C=C(C)CC(NCCC)C1(C)CCCCO1. The first kappa shape index (κ1) is 13.7. The van der Waals surface area contributed by atoms with Crippen LogP contribution in [0.1, 0.15) is 52.9 Å². The molecule has 2 unspecified atom stereocenters. The molecule has 2 nitrogen and oxygen atoms in total. The van der Waals surface area contributed by atoms with Crippen LogP contribution in [0, 0.1) is 0 Å². The van der Waals surface area contributed by atoms with E-state index in [1.54, 1.807) is 0 Å². The third-order valence-corrected chi connectivity index (χ3v) is 3.43. The summed E-state index contributed by atoms with van der Waals surface area (Å²) in [5, 5.41) is 3.63. The Kier molecular flexibility index (Phi) is 5.50. The first-order valence-electron chi connectivity index (χ1n) is 6.60. The predicted molar refractivity (Wildman–Crippen MR) is 69.7 cm³/mol. The molecule has 0 spiro atoms. The van der Waals surface area contributed by atoms with Crippen molar-refractivity contribution in [2.75, 3.05) is 13.2 Å². The monoisotopic (exact) mass is 225 g/mol. The van der Waals surface area contributed by atoms with Crippen molar-refractivity contribution in [3.05, 3.63) is 12.2 Å². The predicted octanol–water partition coefficient (Wildman–Crippen LogP) is 3.28. The van der Waals surface area contributed by atoms with Gasteiger partial charge in [0, 0.05) is 12.6 Å². The van der Waals surface area contributed by atoms with Crippen molar-refractivity contribution in [3.8, 4) is 0 Å². The topological polar surface area (TPSA) is 21.3 Å². The quantitative estimate of drug-likeness (QED) is 0.700. The molecule has 1 heterocycles. The fourth-order valence-corrected chi connectivity index (χ4v) is 2.40. The number of rotatable bonds is 6. The van der Waals surface area contributed by atoms with E-state index in [9.17, 15) is 0 Å². The Bertz CT molecular complexity index is 219. The Morgan fingerprint density at radius 2 is 2.25 bits per heavy atom. The number of hydrogen-bond donors (Lipinski definition) is 1. The molecule has 1 saturated heterocycles. The zero-order chi connectivity index (χ0) is 12.0. The van der Waals surface area contributed by atoms with Crippen LogP contribution in [0.25, 0.3) is 0 Å². The van der Waals surface area contributed by atoms with Crippen molar-refractivity contribution in [2.45, 2.75) is 64.5 Å². The van der Waals surface area contributed by atoms with Crippen LogP contribution in [0.2, 0.25) is 0 Å². The Labute approximate surface area is 100 Å². The highest BCUT2D eigenvalue weighted by atomic mass is 16.5. The zero-order valence-corrected chi connectivity index (χ0v) is 11.1. The van der Waals surface area contributed by atoms with E-state index in [1.807, 2.05) is 0 Å². The molecular weight excluding hydrogens is 198 g/mol. The molecular formula is C14H27NO. The van der Waals surface area contributed by atoms with Gasteiger partial charge in [0.2, 0.25) is 0 Å². The second-order valence-electron chi connectivity index (χ2n) is 5.29. The first-order valence-corrected chi connectivity index (χ1v) is 6.60. The molecule has 0 aliphatic carbocycles. The third kappa shape index (κ3) is 3.91. The van der Waals surface area contributed by atoms with Crippen LogP contribution >= 0.6 is 0 Å². The molecule has 1 aliphatic rings. The van der Waals surface area contributed by atoms with Crippen LogP contribution in [0.5, 0.6) is 0 Å². The van der Waals surface area contributed by atoms with Gasteiger partial charge in [-0.2, -0.15) is 0 Å². The van der Waals surface area contributed by atoms with Gasteiger partial charge in [0.05, 0.1) is 5.60 Å². The minimum absolute atomic E-state index is 0.00632. The summed E-state index contributed by atoms with van der Waals surface area (Å²) in [6, 6.07) is 0.422. The molecule has 94 valence electrons.